The zero-order valence-electron chi connectivity index (χ0n) is 17.1. The Balaban J connectivity index is 1.21. The Labute approximate surface area is 176 Å². The van der Waals surface area contributed by atoms with Gasteiger partial charge in [0, 0.05) is 42.4 Å². The van der Waals surface area contributed by atoms with Crippen molar-refractivity contribution in [3.8, 4) is 0 Å². The summed E-state index contributed by atoms with van der Waals surface area (Å²) in [6, 6.07) is 14.7. The number of nitrogens with zero attached hydrogens (tertiary/aromatic N) is 1. The van der Waals surface area contributed by atoms with E-state index in [1.54, 1.807) is 12.1 Å². The Morgan fingerprint density at radius 3 is 2.73 bits per heavy atom. The minimum atomic E-state index is -0.185. The Bertz CT molecular complexity index is 1030. The van der Waals surface area contributed by atoms with Gasteiger partial charge in [0.2, 0.25) is 0 Å². The number of hydrogen-bond donors (Lipinski definition) is 1. The van der Waals surface area contributed by atoms with E-state index in [4.69, 9.17) is 4.74 Å². The topological polar surface area (TPSA) is 45.3 Å². The van der Waals surface area contributed by atoms with Crippen LogP contribution in [-0.2, 0) is 11.2 Å². The number of H-pyrrole nitrogens is 1. The molecule has 2 aromatic carbocycles. The van der Waals surface area contributed by atoms with Crippen LogP contribution in [0, 0.1) is 11.7 Å². The van der Waals surface area contributed by atoms with E-state index >= 15 is 0 Å². The third kappa shape index (κ3) is 3.86. The number of halogens is 1. The summed E-state index contributed by atoms with van der Waals surface area (Å²) in [5.74, 6) is 0.462. The van der Waals surface area contributed by atoms with E-state index in [1.165, 1.54) is 5.56 Å². The van der Waals surface area contributed by atoms with Crippen molar-refractivity contribution in [2.24, 2.45) is 5.92 Å². The summed E-state index contributed by atoms with van der Waals surface area (Å²) in [7, 11) is 0. The van der Waals surface area contributed by atoms with Gasteiger partial charge in [0.1, 0.15) is 5.82 Å². The van der Waals surface area contributed by atoms with E-state index < -0.39 is 0 Å². The molecule has 0 bridgehead atoms. The summed E-state index contributed by atoms with van der Waals surface area (Å²) >= 11 is 0. The molecule has 1 aromatic heterocycles. The molecule has 5 heteroatoms. The van der Waals surface area contributed by atoms with Gasteiger partial charge in [0.25, 0.3) is 5.91 Å². The summed E-state index contributed by atoms with van der Waals surface area (Å²) in [5, 5.41) is 1.06. The molecule has 3 heterocycles. The van der Waals surface area contributed by atoms with Crippen molar-refractivity contribution in [1.29, 1.82) is 0 Å². The number of fused-ring (bicyclic) bond motifs is 1. The number of benzene rings is 2. The van der Waals surface area contributed by atoms with Crippen molar-refractivity contribution >= 4 is 16.8 Å². The first kappa shape index (κ1) is 19.3. The molecule has 30 heavy (non-hydrogen) atoms. The van der Waals surface area contributed by atoms with Crippen molar-refractivity contribution < 1.29 is 13.9 Å². The van der Waals surface area contributed by atoms with E-state index in [0.29, 0.717) is 5.92 Å². The second kappa shape index (κ2) is 7.88. The molecule has 1 atom stereocenters. The van der Waals surface area contributed by atoms with Gasteiger partial charge in [-0.15, -0.1) is 0 Å². The lowest BCUT2D eigenvalue weighted by Gasteiger charge is -2.46. The maximum Gasteiger partial charge on any atom is 0.253 e. The molecule has 156 valence electrons. The number of carbonyl (C=O) groups excluding carboxylic acids is 1. The molecule has 3 aromatic rings. The van der Waals surface area contributed by atoms with Crippen LogP contribution in [0.4, 0.5) is 4.39 Å². The number of nitrogens with one attached hydrogen (secondary N) is 1. The van der Waals surface area contributed by atoms with E-state index in [2.05, 4.69) is 4.98 Å². The van der Waals surface area contributed by atoms with Crippen LogP contribution in [0.15, 0.2) is 54.7 Å². The monoisotopic (exact) mass is 406 g/mol. The van der Waals surface area contributed by atoms with Crippen LogP contribution in [-0.4, -0.2) is 41.1 Å². The summed E-state index contributed by atoms with van der Waals surface area (Å²) in [4.78, 5) is 18.1. The maximum absolute atomic E-state index is 13.2. The van der Waals surface area contributed by atoms with Crippen LogP contribution >= 0.6 is 0 Å². The molecule has 0 aliphatic carbocycles. The van der Waals surface area contributed by atoms with Crippen LogP contribution in [0.25, 0.3) is 10.9 Å². The average molecular weight is 407 g/mol. The van der Waals surface area contributed by atoms with Gasteiger partial charge >= 0.3 is 0 Å². The summed E-state index contributed by atoms with van der Waals surface area (Å²) < 4.78 is 19.5. The fourth-order valence-electron chi connectivity index (χ4n) is 5.09. The molecular weight excluding hydrogens is 379 g/mol. The van der Waals surface area contributed by atoms with Gasteiger partial charge in [0.15, 0.2) is 0 Å². The predicted octanol–water partition coefficient (Wildman–Crippen LogP) is 4.95. The van der Waals surface area contributed by atoms with Gasteiger partial charge < -0.3 is 14.6 Å². The summed E-state index contributed by atoms with van der Waals surface area (Å²) in [6.45, 7) is 2.23. The number of piperidine rings is 1. The third-order valence-electron chi connectivity index (χ3n) is 6.79. The highest BCUT2D eigenvalue weighted by Gasteiger charge is 2.41. The maximum atomic E-state index is 13.2. The number of carbonyl (C=O) groups is 1. The quantitative estimate of drug-likeness (QED) is 0.669. The van der Waals surface area contributed by atoms with Crippen LogP contribution < -0.4 is 0 Å². The molecule has 2 fully saturated rings. The van der Waals surface area contributed by atoms with Gasteiger partial charge in [-0.1, -0.05) is 12.1 Å². The normalized spacial score (nSPS) is 21.2. The number of amides is 1. The Morgan fingerprint density at radius 1 is 1.13 bits per heavy atom. The first-order valence-corrected chi connectivity index (χ1v) is 10.9. The van der Waals surface area contributed by atoms with Crippen molar-refractivity contribution in [3.63, 3.8) is 0 Å². The first-order valence-electron chi connectivity index (χ1n) is 10.9. The van der Waals surface area contributed by atoms with Crippen LogP contribution in [0.2, 0.25) is 0 Å². The smallest absolute Gasteiger partial charge is 0.253 e. The van der Waals surface area contributed by atoms with E-state index in [-0.39, 0.29) is 17.3 Å². The Kier molecular flexibility index (Phi) is 5.07. The lowest BCUT2D eigenvalue weighted by molar-refractivity contribution is -0.123. The number of aromatic nitrogens is 1. The van der Waals surface area contributed by atoms with E-state index in [0.717, 1.165) is 68.3 Å². The van der Waals surface area contributed by atoms with Crippen molar-refractivity contribution in [2.45, 2.75) is 37.7 Å². The number of hydrogen-bond acceptors (Lipinski definition) is 2. The van der Waals surface area contributed by atoms with Gasteiger partial charge in [-0.3, -0.25) is 4.79 Å². The Hall–Kier alpha value is -2.66. The zero-order valence-corrected chi connectivity index (χ0v) is 17.1. The standard InChI is InChI=1S/C25H27FN2O2/c26-22-4-1-18(2-5-22)15-19-8-14-30-25(17-19)9-12-28(13-10-25)24(29)21-3-6-23-20(16-21)7-11-27-23/h1-7,11,16,19,27H,8-10,12-15,17H2. The lowest BCUT2D eigenvalue weighted by Crippen LogP contribution is -2.51. The van der Waals surface area contributed by atoms with Gasteiger partial charge in [-0.05, 0) is 80.0 Å². The van der Waals surface area contributed by atoms with Crippen LogP contribution in [0.3, 0.4) is 0 Å². The molecule has 5 rings (SSSR count). The lowest BCUT2D eigenvalue weighted by atomic mass is 9.77. The second-order valence-electron chi connectivity index (χ2n) is 8.79. The molecule has 4 nitrogen and oxygen atoms in total. The second-order valence-corrected chi connectivity index (χ2v) is 8.79. The van der Waals surface area contributed by atoms with Gasteiger partial charge in [0.05, 0.1) is 5.60 Å². The van der Waals surface area contributed by atoms with E-state index in [9.17, 15) is 9.18 Å². The molecular formula is C25H27FN2O2. The fraction of sp³-hybridized carbons (Fsp3) is 0.400. The molecule has 1 amide bonds. The first-order chi connectivity index (χ1) is 14.6. The number of likely N-dealkylation sites (tertiary alicyclic amines) is 1. The van der Waals surface area contributed by atoms with Crippen LogP contribution in [0.5, 0.6) is 0 Å². The molecule has 1 N–H and O–H groups in total. The van der Waals surface area contributed by atoms with Crippen molar-refractivity contribution in [2.75, 3.05) is 19.7 Å². The summed E-state index contributed by atoms with van der Waals surface area (Å²) in [6.07, 6.45) is 6.67. The molecule has 2 aliphatic heterocycles. The van der Waals surface area contributed by atoms with Crippen LogP contribution in [0.1, 0.15) is 41.6 Å². The molecule has 0 saturated carbocycles. The highest BCUT2D eigenvalue weighted by molar-refractivity contribution is 5.98. The van der Waals surface area contributed by atoms with Gasteiger partial charge in [-0.25, -0.2) is 4.39 Å². The highest BCUT2D eigenvalue weighted by Crippen LogP contribution is 2.39. The zero-order chi connectivity index (χ0) is 20.6. The molecule has 1 unspecified atom stereocenters. The third-order valence-corrected chi connectivity index (χ3v) is 6.79. The van der Waals surface area contributed by atoms with Gasteiger partial charge in [-0.2, -0.15) is 0 Å². The fourth-order valence-corrected chi connectivity index (χ4v) is 5.09. The van der Waals surface area contributed by atoms with Crippen molar-refractivity contribution in [1.82, 2.24) is 9.88 Å². The van der Waals surface area contributed by atoms with E-state index in [1.807, 2.05) is 47.5 Å². The molecule has 2 aliphatic rings. The molecule has 1 spiro atoms. The Morgan fingerprint density at radius 2 is 1.93 bits per heavy atom. The highest BCUT2D eigenvalue weighted by atomic mass is 19.1. The summed E-state index contributed by atoms with van der Waals surface area (Å²) in [5.41, 5.74) is 2.86. The average Bonchev–Trinajstić information content (AvgIpc) is 3.24. The van der Waals surface area contributed by atoms with Crippen molar-refractivity contribution in [3.05, 3.63) is 71.7 Å². The number of rotatable bonds is 3. The minimum absolute atomic E-state index is 0.103. The minimum Gasteiger partial charge on any atom is -0.375 e. The largest absolute Gasteiger partial charge is 0.375 e. The predicted molar refractivity (Wildman–Crippen MR) is 115 cm³/mol. The molecule has 2 saturated heterocycles. The number of ether oxygens (including phenoxy) is 1. The SMILES string of the molecule is O=C(c1ccc2[nH]ccc2c1)N1CCC2(CC1)CC(Cc1ccc(F)cc1)CCO2. The molecule has 0 radical (unpaired) electrons. The number of aromatic amines is 1.